The number of rotatable bonds is 3. The van der Waals surface area contributed by atoms with Crippen LogP contribution >= 0.6 is 15.9 Å². The predicted octanol–water partition coefficient (Wildman–Crippen LogP) is 2.89. The van der Waals surface area contributed by atoms with Crippen LogP contribution in [0.1, 0.15) is 36.0 Å². The molecule has 0 atom stereocenters. The van der Waals surface area contributed by atoms with E-state index in [1.165, 1.54) is 5.56 Å². The second-order valence-corrected chi connectivity index (χ2v) is 5.79. The van der Waals surface area contributed by atoms with Crippen LogP contribution < -0.4 is 5.32 Å². The fourth-order valence-corrected chi connectivity index (χ4v) is 2.85. The number of piperidine rings is 1. The Hall–Kier alpha value is -1.20. The smallest absolute Gasteiger partial charge is 0.231 e. The summed E-state index contributed by atoms with van der Waals surface area (Å²) in [7, 11) is 0. The SMILES string of the molecule is Brc1cccc(Cc2nc(C3CCNCC3)no2)c1. The van der Waals surface area contributed by atoms with Crippen LogP contribution in [-0.4, -0.2) is 23.2 Å². The highest BCUT2D eigenvalue weighted by Crippen LogP contribution is 2.23. The van der Waals surface area contributed by atoms with Crippen LogP contribution in [0.3, 0.4) is 0 Å². The topological polar surface area (TPSA) is 51.0 Å². The lowest BCUT2D eigenvalue weighted by molar-refractivity contribution is 0.365. The van der Waals surface area contributed by atoms with E-state index in [1.807, 2.05) is 12.1 Å². The molecule has 0 radical (unpaired) electrons. The van der Waals surface area contributed by atoms with Gasteiger partial charge in [0, 0.05) is 10.4 Å². The monoisotopic (exact) mass is 321 g/mol. The molecule has 1 aromatic carbocycles. The summed E-state index contributed by atoms with van der Waals surface area (Å²) in [5, 5.41) is 7.48. The van der Waals surface area contributed by atoms with Gasteiger partial charge in [0.25, 0.3) is 0 Å². The third kappa shape index (κ3) is 3.22. The zero-order valence-corrected chi connectivity index (χ0v) is 12.2. The second kappa shape index (κ2) is 5.84. The molecule has 1 fully saturated rings. The Morgan fingerprint density at radius 1 is 1.32 bits per heavy atom. The minimum absolute atomic E-state index is 0.446. The molecule has 1 aliphatic heterocycles. The van der Waals surface area contributed by atoms with Crippen molar-refractivity contribution < 1.29 is 4.52 Å². The van der Waals surface area contributed by atoms with Crippen LogP contribution in [0.4, 0.5) is 0 Å². The van der Waals surface area contributed by atoms with Gasteiger partial charge >= 0.3 is 0 Å². The van der Waals surface area contributed by atoms with Crippen molar-refractivity contribution in [2.24, 2.45) is 0 Å². The van der Waals surface area contributed by atoms with E-state index in [-0.39, 0.29) is 0 Å². The fraction of sp³-hybridized carbons (Fsp3) is 0.429. The molecule has 1 N–H and O–H groups in total. The van der Waals surface area contributed by atoms with Crippen molar-refractivity contribution in [3.63, 3.8) is 0 Å². The Morgan fingerprint density at radius 2 is 2.16 bits per heavy atom. The van der Waals surface area contributed by atoms with Gasteiger partial charge < -0.3 is 9.84 Å². The molecule has 100 valence electrons. The summed E-state index contributed by atoms with van der Waals surface area (Å²) < 4.78 is 6.44. The van der Waals surface area contributed by atoms with Gasteiger partial charge in [-0.2, -0.15) is 4.98 Å². The average Bonchev–Trinajstić information content (AvgIpc) is 2.88. The molecule has 0 bridgehead atoms. The molecule has 2 heterocycles. The molecular weight excluding hydrogens is 306 g/mol. The van der Waals surface area contributed by atoms with Gasteiger partial charge in [0.15, 0.2) is 5.82 Å². The normalized spacial score (nSPS) is 16.7. The Morgan fingerprint density at radius 3 is 2.95 bits per heavy atom. The number of aromatic nitrogens is 2. The van der Waals surface area contributed by atoms with Crippen LogP contribution in [0.25, 0.3) is 0 Å². The molecule has 0 spiro atoms. The Labute approximate surface area is 120 Å². The zero-order valence-electron chi connectivity index (χ0n) is 10.6. The summed E-state index contributed by atoms with van der Waals surface area (Å²) in [6, 6.07) is 8.18. The van der Waals surface area contributed by atoms with Crippen molar-refractivity contribution in [1.29, 1.82) is 0 Å². The number of hydrogen-bond donors (Lipinski definition) is 1. The van der Waals surface area contributed by atoms with Gasteiger partial charge in [-0.1, -0.05) is 33.2 Å². The van der Waals surface area contributed by atoms with E-state index in [4.69, 9.17) is 4.52 Å². The number of nitrogens with zero attached hydrogens (tertiary/aromatic N) is 2. The summed E-state index contributed by atoms with van der Waals surface area (Å²) in [4.78, 5) is 4.54. The molecule has 0 unspecified atom stereocenters. The predicted molar refractivity (Wildman–Crippen MR) is 76.1 cm³/mol. The maximum Gasteiger partial charge on any atom is 0.231 e. The minimum atomic E-state index is 0.446. The van der Waals surface area contributed by atoms with Gasteiger partial charge in [0.05, 0.1) is 6.42 Å². The minimum Gasteiger partial charge on any atom is -0.339 e. The number of hydrogen-bond acceptors (Lipinski definition) is 4. The van der Waals surface area contributed by atoms with E-state index < -0.39 is 0 Å². The fourth-order valence-electron chi connectivity index (χ4n) is 2.41. The van der Waals surface area contributed by atoms with Crippen molar-refractivity contribution in [2.75, 3.05) is 13.1 Å². The van der Waals surface area contributed by atoms with E-state index in [0.717, 1.165) is 36.2 Å². The van der Waals surface area contributed by atoms with Gasteiger partial charge in [-0.25, -0.2) is 0 Å². The molecule has 0 aliphatic carbocycles. The first-order valence-electron chi connectivity index (χ1n) is 6.59. The molecule has 0 saturated carbocycles. The van der Waals surface area contributed by atoms with Crippen molar-refractivity contribution >= 4 is 15.9 Å². The lowest BCUT2D eigenvalue weighted by Gasteiger charge is -2.18. The summed E-state index contributed by atoms with van der Waals surface area (Å²) >= 11 is 3.47. The van der Waals surface area contributed by atoms with Gasteiger partial charge in [-0.15, -0.1) is 0 Å². The molecule has 3 rings (SSSR count). The van der Waals surface area contributed by atoms with Gasteiger partial charge in [-0.3, -0.25) is 0 Å². The van der Waals surface area contributed by atoms with Crippen LogP contribution in [-0.2, 0) is 6.42 Å². The highest BCUT2D eigenvalue weighted by Gasteiger charge is 2.20. The largest absolute Gasteiger partial charge is 0.339 e. The highest BCUT2D eigenvalue weighted by molar-refractivity contribution is 9.10. The van der Waals surface area contributed by atoms with Crippen LogP contribution in [0, 0.1) is 0 Å². The van der Waals surface area contributed by atoms with Crippen LogP contribution in [0.15, 0.2) is 33.3 Å². The Kier molecular flexibility index (Phi) is 3.94. The van der Waals surface area contributed by atoms with Crippen molar-refractivity contribution in [3.8, 4) is 0 Å². The third-order valence-corrected chi connectivity index (χ3v) is 3.93. The van der Waals surface area contributed by atoms with Gasteiger partial charge in [-0.05, 0) is 43.6 Å². The first-order valence-corrected chi connectivity index (χ1v) is 7.38. The number of halogens is 1. The maximum atomic E-state index is 5.36. The second-order valence-electron chi connectivity index (χ2n) is 4.88. The number of benzene rings is 1. The molecular formula is C14H16BrN3O. The van der Waals surface area contributed by atoms with Crippen LogP contribution in [0.5, 0.6) is 0 Å². The lowest BCUT2D eigenvalue weighted by Crippen LogP contribution is -2.27. The van der Waals surface area contributed by atoms with Gasteiger partial charge in [0.1, 0.15) is 0 Å². The van der Waals surface area contributed by atoms with Crippen molar-refractivity contribution in [3.05, 3.63) is 46.0 Å². The summed E-state index contributed by atoms with van der Waals surface area (Å²) in [5.74, 6) is 2.01. The molecule has 1 aliphatic rings. The standard InChI is InChI=1S/C14H16BrN3O/c15-12-3-1-2-10(8-12)9-13-17-14(18-19-13)11-4-6-16-7-5-11/h1-3,8,11,16H,4-7,9H2. The molecule has 2 aromatic rings. The first kappa shape index (κ1) is 12.8. The van der Waals surface area contributed by atoms with E-state index in [0.29, 0.717) is 18.2 Å². The van der Waals surface area contributed by atoms with Gasteiger partial charge in [0.2, 0.25) is 5.89 Å². The lowest BCUT2D eigenvalue weighted by atomic mass is 9.98. The van der Waals surface area contributed by atoms with E-state index in [2.05, 4.69) is 43.5 Å². The maximum absolute atomic E-state index is 5.36. The number of nitrogens with one attached hydrogen (secondary N) is 1. The van der Waals surface area contributed by atoms with E-state index >= 15 is 0 Å². The summed E-state index contributed by atoms with van der Waals surface area (Å²) in [6.45, 7) is 2.08. The van der Waals surface area contributed by atoms with Crippen molar-refractivity contribution in [1.82, 2.24) is 15.5 Å². The third-order valence-electron chi connectivity index (χ3n) is 3.43. The summed E-state index contributed by atoms with van der Waals surface area (Å²) in [5.41, 5.74) is 1.18. The zero-order chi connectivity index (χ0) is 13.1. The molecule has 19 heavy (non-hydrogen) atoms. The Balaban J connectivity index is 1.70. The Bertz CT molecular complexity index is 549. The quantitative estimate of drug-likeness (QED) is 0.944. The van der Waals surface area contributed by atoms with E-state index in [1.54, 1.807) is 0 Å². The summed E-state index contributed by atoms with van der Waals surface area (Å²) in [6.07, 6.45) is 2.88. The van der Waals surface area contributed by atoms with Crippen LogP contribution in [0.2, 0.25) is 0 Å². The molecule has 4 nitrogen and oxygen atoms in total. The first-order chi connectivity index (χ1) is 9.31. The van der Waals surface area contributed by atoms with E-state index in [9.17, 15) is 0 Å². The molecule has 1 saturated heterocycles. The molecule has 1 aromatic heterocycles. The average molecular weight is 322 g/mol. The molecule has 5 heteroatoms. The molecule has 0 amide bonds. The van der Waals surface area contributed by atoms with Crippen molar-refractivity contribution in [2.45, 2.75) is 25.2 Å². The highest BCUT2D eigenvalue weighted by atomic mass is 79.9.